The van der Waals surface area contributed by atoms with Gasteiger partial charge in [0.1, 0.15) is 0 Å². The molecular formula is C18H27N3O4S. The minimum atomic E-state index is -3.62. The van der Waals surface area contributed by atoms with E-state index in [1.807, 2.05) is 0 Å². The number of anilines is 1. The summed E-state index contributed by atoms with van der Waals surface area (Å²) in [5, 5.41) is 2.72. The number of nitrogens with one attached hydrogen (secondary N) is 2. The van der Waals surface area contributed by atoms with Crippen molar-refractivity contribution in [3.05, 3.63) is 23.8 Å². The Morgan fingerprint density at radius 1 is 1.27 bits per heavy atom. The Hall–Kier alpha value is -1.48. The summed E-state index contributed by atoms with van der Waals surface area (Å²) in [4.78, 5) is 14.0. The topological polar surface area (TPSA) is 87.7 Å². The molecule has 0 bridgehead atoms. The first-order valence-electron chi connectivity index (χ1n) is 9.09. The van der Waals surface area contributed by atoms with Crippen LogP contribution in [0, 0.1) is 5.92 Å². The van der Waals surface area contributed by atoms with Crippen molar-refractivity contribution in [2.45, 2.75) is 37.6 Å². The smallest absolute Gasteiger partial charge is 0.240 e. The zero-order chi connectivity index (χ0) is 18.7. The highest BCUT2D eigenvalue weighted by molar-refractivity contribution is 7.89. The molecule has 1 saturated heterocycles. The number of amides is 1. The van der Waals surface area contributed by atoms with Gasteiger partial charge in [-0.3, -0.25) is 9.69 Å². The van der Waals surface area contributed by atoms with Gasteiger partial charge in [-0.15, -0.1) is 0 Å². The van der Waals surface area contributed by atoms with Crippen LogP contribution in [0.4, 0.5) is 5.69 Å². The van der Waals surface area contributed by atoms with Crippen LogP contribution in [-0.2, 0) is 26.0 Å². The largest absolute Gasteiger partial charge is 0.379 e. The van der Waals surface area contributed by atoms with Gasteiger partial charge in [-0.25, -0.2) is 13.1 Å². The van der Waals surface area contributed by atoms with E-state index in [0.29, 0.717) is 31.4 Å². The minimum absolute atomic E-state index is 0.105. The van der Waals surface area contributed by atoms with Gasteiger partial charge in [-0.05, 0) is 36.1 Å². The van der Waals surface area contributed by atoms with Crippen LogP contribution in [0.15, 0.2) is 23.1 Å². The molecule has 1 atom stereocenters. The number of rotatable bonds is 7. The van der Waals surface area contributed by atoms with Gasteiger partial charge in [0, 0.05) is 31.4 Å². The van der Waals surface area contributed by atoms with Gasteiger partial charge in [0.15, 0.2) is 0 Å². The van der Waals surface area contributed by atoms with Crippen molar-refractivity contribution >= 4 is 21.6 Å². The Morgan fingerprint density at radius 2 is 2.00 bits per heavy atom. The van der Waals surface area contributed by atoms with E-state index in [1.54, 1.807) is 18.2 Å². The summed E-state index contributed by atoms with van der Waals surface area (Å²) in [7, 11) is -3.62. The number of ether oxygens (including phenoxy) is 1. The molecule has 0 aromatic heterocycles. The van der Waals surface area contributed by atoms with Gasteiger partial charge < -0.3 is 10.1 Å². The summed E-state index contributed by atoms with van der Waals surface area (Å²) in [6.07, 6.45) is 1.15. The van der Waals surface area contributed by atoms with Crippen LogP contribution < -0.4 is 10.0 Å². The Morgan fingerprint density at radius 3 is 2.69 bits per heavy atom. The van der Waals surface area contributed by atoms with Crippen molar-refractivity contribution in [3.8, 4) is 0 Å². The van der Waals surface area contributed by atoms with E-state index in [4.69, 9.17) is 4.74 Å². The number of morpholine rings is 1. The molecule has 144 valence electrons. The average Bonchev–Trinajstić information content (AvgIpc) is 2.98. The van der Waals surface area contributed by atoms with E-state index < -0.39 is 10.0 Å². The summed E-state index contributed by atoms with van der Waals surface area (Å²) < 4.78 is 33.6. The van der Waals surface area contributed by atoms with Crippen LogP contribution in [0.3, 0.4) is 0 Å². The number of fused-ring (bicyclic) bond motifs is 1. The molecule has 1 aromatic carbocycles. The van der Waals surface area contributed by atoms with Crippen LogP contribution in [0.25, 0.3) is 0 Å². The van der Waals surface area contributed by atoms with Gasteiger partial charge in [0.2, 0.25) is 15.9 Å². The first-order valence-corrected chi connectivity index (χ1v) is 10.6. The first-order chi connectivity index (χ1) is 12.3. The predicted molar refractivity (Wildman–Crippen MR) is 99.6 cm³/mol. The number of carbonyl (C=O) groups excluding carboxylic acids is 1. The number of benzene rings is 1. The van der Waals surface area contributed by atoms with E-state index in [1.165, 1.54) is 0 Å². The van der Waals surface area contributed by atoms with Gasteiger partial charge in [0.25, 0.3) is 0 Å². The van der Waals surface area contributed by atoms with Gasteiger partial charge in [-0.2, -0.15) is 0 Å². The average molecular weight is 381 g/mol. The highest BCUT2D eigenvalue weighted by atomic mass is 32.2. The first kappa shape index (κ1) is 19.3. The Bertz CT molecular complexity index is 758. The standard InChI is InChI=1S/C18H27N3O4S/c1-13(2)9-15(21-5-7-25-8-6-21)12-19-26(23,24)16-3-4-17-14(10-16)11-18(22)20-17/h3-4,10,13,15,19H,5-9,11-12H2,1-2H3,(H,20,22). The van der Waals surface area contributed by atoms with Crippen molar-refractivity contribution in [2.24, 2.45) is 5.92 Å². The highest BCUT2D eigenvalue weighted by Crippen LogP contribution is 2.25. The molecule has 2 heterocycles. The normalized spacial score (nSPS) is 19.4. The fourth-order valence-corrected chi connectivity index (χ4v) is 4.63. The van der Waals surface area contributed by atoms with Crippen molar-refractivity contribution in [1.82, 2.24) is 9.62 Å². The molecule has 1 unspecified atom stereocenters. The lowest BCUT2D eigenvalue weighted by molar-refractivity contribution is -0.115. The molecule has 0 spiro atoms. The quantitative estimate of drug-likeness (QED) is 0.741. The maximum Gasteiger partial charge on any atom is 0.240 e. The van der Waals surface area contributed by atoms with Gasteiger partial charge >= 0.3 is 0 Å². The van der Waals surface area contributed by atoms with Crippen molar-refractivity contribution < 1.29 is 17.9 Å². The Balaban J connectivity index is 1.69. The molecule has 1 fully saturated rings. The summed E-state index contributed by atoms with van der Waals surface area (Å²) in [5.74, 6) is 0.372. The fourth-order valence-electron chi connectivity index (χ4n) is 3.51. The molecule has 0 saturated carbocycles. The zero-order valence-corrected chi connectivity index (χ0v) is 16.1. The third-order valence-corrected chi connectivity index (χ3v) is 6.25. The van der Waals surface area contributed by atoms with E-state index in [0.717, 1.165) is 25.1 Å². The maximum atomic E-state index is 12.7. The number of hydrogen-bond acceptors (Lipinski definition) is 5. The second-order valence-corrected chi connectivity index (χ2v) is 9.09. The highest BCUT2D eigenvalue weighted by Gasteiger charge is 2.26. The van der Waals surface area contributed by atoms with E-state index in [-0.39, 0.29) is 23.3 Å². The number of sulfonamides is 1. The second kappa shape index (κ2) is 8.04. The van der Waals surface area contributed by atoms with E-state index >= 15 is 0 Å². The third kappa shape index (κ3) is 4.62. The lowest BCUT2D eigenvalue weighted by atomic mass is 10.0. The molecule has 0 aliphatic carbocycles. The number of hydrogen-bond donors (Lipinski definition) is 2. The van der Waals surface area contributed by atoms with Crippen LogP contribution in [0.1, 0.15) is 25.8 Å². The van der Waals surface area contributed by atoms with Crippen LogP contribution in [-0.4, -0.2) is 58.1 Å². The molecule has 1 amide bonds. The van der Waals surface area contributed by atoms with Gasteiger partial charge in [0.05, 0.1) is 24.5 Å². The summed E-state index contributed by atoms with van der Waals surface area (Å²) in [5.41, 5.74) is 1.42. The molecular weight excluding hydrogens is 354 g/mol. The Labute approximate surface area is 155 Å². The molecule has 26 heavy (non-hydrogen) atoms. The van der Waals surface area contributed by atoms with Crippen LogP contribution in [0.5, 0.6) is 0 Å². The molecule has 2 aliphatic rings. The second-order valence-electron chi connectivity index (χ2n) is 7.33. The molecule has 1 aromatic rings. The molecule has 2 N–H and O–H groups in total. The molecule has 2 aliphatic heterocycles. The summed E-state index contributed by atoms with van der Waals surface area (Å²) in [6.45, 7) is 7.69. The summed E-state index contributed by atoms with van der Waals surface area (Å²) >= 11 is 0. The van der Waals surface area contributed by atoms with Crippen molar-refractivity contribution in [2.75, 3.05) is 38.2 Å². The molecule has 7 nitrogen and oxygen atoms in total. The lowest BCUT2D eigenvalue weighted by Crippen LogP contribution is -2.49. The minimum Gasteiger partial charge on any atom is -0.379 e. The van der Waals surface area contributed by atoms with E-state index in [9.17, 15) is 13.2 Å². The van der Waals surface area contributed by atoms with Crippen LogP contribution >= 0.6 is 0 Å². The molecule has 3 rings (SSSR count). The lowest BCUT2D eigenvalue weighted by Gasteiger charge is -2.35. The van der Waals surface area contributed by atoms with Gasteiger partial charge in [-0.1, -0.05) is 13.8 Å². The van der Waals surface area contributed by atoms with Crippen molar-refractivity contribution in [3.63, 3.8) is 0 Å². The zero-order valence-electron chi connectivity index (χ0n) is 15.3. The fraction of sp³-hybridized carbons (Fsp3) is 0.611. The maximum absolute atomic E-state index is 12.7. The monoisotopic (exact) mass is 381 g/mol. The third-order valence-electron chi connectivity index (χ3n) is 4.83. The SMILES string of the molecule is CC(C)CC(CNS(=O)(=O)c1ccc2c(c1)CC(=O)N2)N1CCOCC1. The van der Waals surface area contributed by atoms with Crippen molar-refractivity contribution in [1.29, 1.82) is 0 Å². The molecule has 8 heteroatoms. The molecule has 0 radical (unpaired) electrons. The number of nitrogens with zero attached hydrogens (tertiary/aromatic N) is 1. The Kier molecular flexibility index (Phi) is 5.96. The predicted octanol–water partition coefficient (Wildman–Crippen LogP) is 1.21. The summed E-state index contributed by atoms with van der Waals surface area (Å²) in [6, 6.07) is 4.93. The van der Waals surface area contributed by atoms with E-state index in [2.05, 4.69) is 28.8 Å². The number of carbonyl (C=O) groups is 1. The van der Waals surface area contributed by atoms with Crippen LogP contribution in [0.2, 0.25) is 0 Å².